The number of ether oxygens (including phenoxy) is 3. The fourth-order valence-corrected chi connectivity index (χ4v) is 2.39. The largest absolute Gasteiger partial charge is 0.462 e. The first-order chi connectivity index (χ1) is 7.43. The van der Waals surface area contributed by atoms with Gasteiger partial charge in [0.15, 0.2) is 0 Å². The second kappa shape index (κ2) is 4.14. The van der Waals surface area contributed by atoms with Crippen LogP contribution in [-0.4, -0.2) is 25.4 Å². The van der Waals surface area contributed by atoms with Gasteiger partial charge in [-0.05, 0) is 12.8 Å². The van der Waals surface area contributed by atoms with Crippen molar-refractivity contribution in [1.29, 1.82) is 0 Å². The summed E-state index contributed by atoms with van der Waals surface area (Å²) in [5, 5.41) is 0. The fraction of sp³-hybridized carbons (Fsp3) is 0.833. The van der Waals surface area contributed by atoms with Gasteiger partial charge < -0.3 is 14.2 Å². The highest BCUT2D eigenvalue weighted by atomic mass is 16.7. The predicted molar refractivity (Wildman–Crippen MR) is 55.2 cm³/mol. The Balaban J connectivity index is 0.000000104. The van der Waals surface area contributed by atoms with Gasteiger partial charge in [-0.15, -0.1) is 0 Å². The van der Waals surface area contributed by atoms with Gasteiger partial charge in [0, 0.05) is 5.92 Å². The molecule has 1 saturated carbocycles. The summed E-state index contributed by atoms with van der Waals surface area (Å²) in [5.74, 6) is 2.08. The molecule has 4 rings (SSSR count). The highest BCUT2D eigenvalue weighted by Crippen LogP contribution is 2.35. The summed E-state index contributed by atoms with van der Waals surface area (Å²) in [4.78, 5) is 0. The van der Waals surface area contributed by atoms with Crippen molar-refractivity contribution in [3.8, 4) is 0 Å². The molecule has 0 bridgehead atoms. The van der Waals surface area contributed by atoms with Crippen LogP contribution in [0, 0.1) is 5.92 Å². The van der Waals surface area contributed by atoms with E-state index in [1.165, 1.54) is 37.9 Å². The van der Waals surface area contributed by atoms with Crippen molar-refractivity contribution in [3.63, 3.8) is 0 Å². The molecule has 3 aliphatic heterocycles. The first kappa shape index (κ1) is 9.67. The number of hydrogen-bond acceptors (Lipinski definition) is 3. The van der Waals surface area contributed by atoms with Crippen molar-refractivity contribution < 1.29 is 14.2 Å². The minimum Gasteiger partial charge on any atom is -0.462 e. The summed E-state index contributed by atoms with van der Waals surface area (Å²) in [7, 11) is 0. The van der Waals surface area contributed by atoms with Gasteiger partial charge in [-0.1, -0.05) is 19.3 Å². The van der Waals surface area contributed by atoms with E-state index >= 15 is 0 Å². The molecule has 0 spiro atoms. The zero-order chi connectivity index (χ0) is 10.1. The van der Waals surface area contributed by atoms with Crippen LogP contribution in [0.3, 0.4) is 0 Å². The SMILES string of the molecule is C1=C(C2CCCCC2)O1.C1OCC2OC12. The quantitative estimate of drug-likeness (QED) is 0.622. The third-order valence-corrected chi connectivity index (χ3v) is 3.51. The standard InChI is InChI=1S/C8H12O.C4H6O2/c1-2-4-7(5-3-1)8-6-9-8;1-3-4(6-3)2-5-1/h6-7H,1-5H2;3-4H,1-2H2. The van der Waals surface area contributed by atoms with E-state index in [1.54, 1.807) is 0 Å². The minimum absolute atomic E-state index is 0.491. The summed E-state index contributed by atoms with van der Waals surface area (Å²) in [6.07, 6.45) is 9.86. The molecule has 4 aliphatic rings. The van der Waals surface area contributed by atoms with E-state index in [2.05, 4.69) is 0 Å². The first-order valence-electron chi connectivity index (χ1n) is 6.03. The Morgan fingerprint density at radius 3 is 2.07 bits per heavy atom. The van der Waals surface area contributed by atoms with Crippen molar-refractivity contribution in [2.75, 3.05) is 13.2 Å². The van der Waals surface area contributed by atoms with Crippen molar-refractivity contribution in [1.82, 2.24) is 0 Å². The van der Waals surface area contributed by atoms with Crippen LogP contribution >= 0.6 is 0 Å². The van der Waals surface area contributed by atoms with E-state index in [0.717, 1.165) is 19.1 Å². The van der Waals surface area contributed by atoms with E-state index in [1.807, 2.05) is 6.26 Å². The smallest absolute Gasteiger partial charge is 0.141 e. The average molecular weight is 210 g/mol. The van der Waals surface area contributed by atoms with Gasteiger partial charge in [-0.3, -0.25) is 0 Å². The molecule has 0 aromatic heterocycles. The van der Waals surface area contributed by atoms with Crippen molar-refractivity contribution in [2.24, 2.45) is 5.92 Å². The first-order valence-corrected chi connectivity index (χ1v) is 6.03. The normalized spacial score (nSPS) is 36.9. The Bertz CT molecular complexity index is 248. The van der Waals surface area contributed by atoms with E-state index in [-0.39, 0.29) is 0 Å². The minimum atomic E-state index is 0.491. The zero-order valence-corrected chi connectivity index (χ0v) is 8.98. The number of hydrogen-bond donors (Lipinski definition) is 0. The second-order valence-corrected chi connectivity index (χ2v) is 4.72. The molecule has 3 fully saturated rings. The number of epoxide rings is 1. The molecule has 1 aliphatic carbocycles. The lowest BCUT2D eigenvalue weighted by atomic mass is 9.89. The Labute approximate surface area is 90.4 Å². The van der Waals surface area contributed by atoms with Gasteiger partial charge in [0.25, 0.3) is 0 Å². The third kappa shape index (κ3) is 2.52. The lowest BCUT2D eigenvalue weighted by molar-refractivity contribution is 0.100. The molecule has 3 heteroatoms. The number of fused-ring (bicyclic) bond motifs is 1. The molecule has 2 saturated heterocycles. The van der Waals surface area contributed by atoms with Gasteiger partial charge >= 0.3 is 0 Å². The van der Waals surface area contributed by atoms with Crippen LogP contribution in [0.1, 0.15) is 32.1 Å². The average Bonchev–Trinajstić information content (AvgIpc) is 3.22. The molecule has 15 heavy (non-hydrogen) atoms. The Hall–Kier alpha value is -0.540. The Kier molecular flexibility index (Phi) is 2.67. The van der Waals surface area contributed by atoms with Crippen LogP contribution in [0.25, 0.3) is 0 Å². The molecule has 2 unspecified atom stereocenters. The molecule has 0 N–H and O–H groups in total. The molecule has 0 aromatic rings. The maximum atomic E-state index is 5.04. The highest BCUT2D eigenvalue weighted by molar-refractivity contribution is 5.08. The van der Waals surface area contributed by atoms with Crippen molar-refractivity contribution in [2.45, 2.75) is 44.3 Å². The van der Waals surface area contributed by atoms with Crippen LogP contribution in [0.15, 0.2) is 12.0 Å². The molecule has 84 valence electrons. The zero-order valence-electron chi connectivity index (χ0n) is 8.98. The molecule has 0 radical (unpaired) electrons. The molecule has 0 aromatic carbocycles. The van der Waals surface area contributed by atoms with Gasteiger partial charge in [-0.2, -0.15) is 0 Å². The molecule has 3 heterocycles. The van der Waals surface area contributed by atoms with Crippen LogP contribution in [0.4, 0.5) is 0 Å². The van der Waals surface area contributed by atoms with Crippen LogP contribution in [-0.2, 0) is 14.2 Å². The van der Waals surface area contributed by atoms with Crippen LogP contribution in [0.5, 0.6) is 0 Å². The van der Waals surface area contributed by atoms with Crippen LogP contribution in [0.2, 0.25) is 0 Å². The summed E-state index contributed by atoms with van der Waals surface area (Å²) in [5.41, 5.74) is 0. The summed E-state index contributed by atoms with van der Waals surface area (Å²) < 4.78 is 15.0. The van der Waals surface area contributed by atoms with Gasteiger partial charge in [0.1, 0.15) is 24.2 Å². The van der Waals surface area contributed by atoms with Gasteiger partial charge in [0.05, 0.1) is 13.2 Å². The maximum Gasteiger partial charge on any atom is 0.141 e. The summed E-state index contributed by atoms with van der Waals surface area (Å²) >= 11 is 0. The topological polar surface area (TPSA) is 34.3 Å². The molecular weight excluding hydrogens is 192 g/mol. The predicted octanol–water partition coefficient (Wildman–Crippen LogP) is 2.22. The van der Waals surface area contributed by atoms with Crippen LogP contribution < -0.4 is 0 Å². The van der Waals surface area contributed by atoms with E-state index in [9.17, 15) is 0 Å². The maximum absolute atomic E-state index is 5.04. The summed E-state index contributed by atoms with van der Waals surface area (Å²) in [6, 6.07) is 0. The van der Waals surface area contributed by atoms with Gasteiger partial charge in [0.2, 0.25) is 0 Å². The molecule has 2 atom stereocenters. The number of rotatable bonds is 1. The molecular formula is C12H18O3. The number of allylic oxidation sites excluding steroid dienone is 1. The lowest BCUT2D eigenvalue weighted by Crippen LogP contribution is -2.04. The highest BCUT2D eigenvalue weighted by Gasteiger charge is 2.44. The third-order valence-electron chi connectivity index (χ3n) is 3.51. The fourth-order valence-electron chi connectivity index (χ4n) is 2.39. The van der Waals surface area contributed by atoms with E-state index in [0.29, 0.717) is 12.2 Å². The lowest BCUT2D eigenvalue weighted by Gasteiger charge is -2.16. The monoisotopic (exact) mass is 210 g/mol. The Morgan fingerprint density at radius 1 is 1.00 bits per heavy atom. The van der Waals surface area contributed by atoms with Crippen molar-refractivity contribution in [3.05, 3.63) is 12.0 Å². The second-order valence-electron chi connectivity index (χ2n) is 4.72. The van der Waals surface area contributed by atoms with E-state index in [4.69, 9.17) is 14.2 Å². The summed E-state index contributed by atoms with van der Waals surface area (Å²) in [6.45, 7) is 1.68. The van der Waals surface area contributed by atoms with Crippen molar-refractivity contribution >= 4 is 0 Å². The molecule has 0 amide bonds. The Morgan fingerprint density at radius 2 is 1.67 bits per heavy atom. The van der Waals surface area contributed by atoms with E-state index < -0.39 is 0 Å². The van der Waals surface area contributed by atoms with Gasteiger partial charge in [-0.25, -0.2) is 0 Å². The molecule has 3 nitrogen and oxygen atoms in total.